The Bertz CT molecular complexity index is 336. The highest BCUT2D eigenvalue weighted by molar-refractivity contribution is 7.12. The van der Waals surface area contributed by atoms with Gasteiger partial charge in [0.25, 0.3) is 0 Å². The van der Waals surface area contributed by atoms with Crippen LogP contribution in [0.4, 0.5) is 0 Å². The van der Waals surface area contributed by atoms with Gasteiger partial charge in [0, 0.05) is 15.3 Å². The molecule has 0 aliphatic rings. The summed E-state index contributed by atoms with van der Waals surface area (Å²) in [6.07, 6.45) is 2.71. The van der Waals surface area contributed by atoms with E-state index in [2.05, 4.69) is 6.92 Å². The van der Waals surface area contributed by atoms with Crippen molar-refractivity contribution in [1.82, 2.24) is 0 Å². The Morgan fingerprint density at radius 3 is 2.77 bits per heavy atom. The SMILES string of the molecule is CCc1ccc(C=C(C)C(=O)O)s1. The number of hydrogen-bond donors (Lipinski definition) is 1. The minimum atomic E-state index is -0.855. The third-order valence-corrected chi connectivity index (χ3v) is 2.90. The highest BCUT2D eigenvalue weighted by Crippen LogP contribution is 2.19. The minimum absolute atomic E-state index is 0.379. The Kier molecular flexibility index (Phi) is 3.25. The molecule has 1 aromatic rings. The molecule has 2 nitrogen and oxygen atoms in total. The van der Waals surface area contributed by atoms with Gasteiger partial charge in [-0.2, -0.15) is 0 Å². The molecule has 1 heterocycles. The van der Waals surface area contributed by atoms with Gasteiger partial charge in [-0.1, -0.05) is 6.92 Å². The van der Waals surface area contributed by atoms with Gasteiger partial charge < -0.3 is 5.11 Å². The number of carbonyl (C=O) groups is 1. The monoisotopic (exact) mass is 196 g/mol. The summed E-state index contributed by atoms with van der Waals surface area (Å²) in [5.74, 6) is -0.855. The molecule has 0 unspecified atom stereocenters. The van der Waals surface area contributed by atoms with Crippen molar-refractivity contribution < 1.29 is 9.90 Å². The highest BCUT2D eigenvalue weighted by Gasteiger charge is 2.01. The molecule has 0 saturated carbocycles. The first kappa shape index (κ1) is 9.99. The van der Waals surface area contributed by atoms with E-state index in [1.165, 1.54) is 4.88 Å². The second kappa shape index (κ2) is 4.23. The van der Waals surface area contributed by atoms with Crippen molar-refractivity contribution in [3.8, 4) is 0 Å². The third kappa shape index (κ3) is 2.70. The largest absolute Gasteiger partial charge is 0.478 e. The van der Waals surface area contributed by atoms with Gasteiger partial charge in [-0.05, 0) is 31.6 Å². The maximum Gasteiger partial charge on any atom is 0.331 e. The van der Waals surface area contributed by atoms with E-state index in [0.29, 0.717) is 5.57 Å². The molecular formula is C10H12O2S. The summed E-state index contributed by atoms with van der Waals surface area (Å²) in [6.45, 7) is 3.69. The highest BCUT2D eigenvalue weighted by atomic mass is 32.1. The van der Waals surface area contributed by atoms with Crippen molar-refractivity contribution >= 4 is 23.4 Å². The van der Waals surface area contributed by atoms with Gasteiger partial charge in [-0.15, -0.1) is 11.3 Å². The van der Waals surface area contributed by atoms with Crippen LogP contribution in [0.5, 0.6) is 0 Å². The molecule has 0 saturated heterocycles. The second-order valence-corrected chi connectivity index (χ2v) is 3.99. The molecule has 1 aromatic heterocycles. The van der Waals surface area contributed by atoms with Gasteiger partial charge in [0.2, 0.25) is 0 Å². The number of thiophene rings is 1. The number of rotatable bonds is 3. The molecule has 0 bridgehead atoms. The van der Waals surface area contributed by atoms with Crippen LogP contribution < -0.4 is 0 Å². The van der Waals surface area contributed by atoms with Crippen LogP contribution in [0.25, 0.3) is 6.08 Å². The predicted octanol–water partition coefficient (Wildman–Crippen LogP) is 2.80. The lowest BCUT2D eigenvalue weighted by Crippen LogP contribution is -1.94. The standard InChI is InChI=1S/C10H12O2S/c1-3-8-4-5-9(13-8)6-7(2)10(11)12/h4-6H,3H2,1-2H3,(H,11,12). The van der Waals surface area contributed by atoms with Gasteiger partial charge in [0.1, 0.15) is 0 Å². The number of carboxylic acid groups (broad SMARTS) is 1. The molecule has 0 spiro atoms. The zero-order valence-corrected chi connectivity index (χ0v) is 8.52. The predicted molar refractivity (Wildman–Crippen MR) is 55.0 cm³/mol. The van der Waals surface area contributed by atoms with Crippen molar-refractivity contribution in [2.45, 2.75) is 20.3 Å². The van der Waals surface area contributed by atoms with Gasteiger partial charge in [0.05, 0.1) is 0 Å². The van der Waals surface area contributed by atoms with Crippen molar-refractivity contribution in [3.05, 3.63) is 27.5 Å². The van der Waals surface area contributed by atoms with Crippen molar-refractivity contribution in [1.29, 1.82) is 0 Å². The van der Waals surface area contributed by atoms with Crippen LogP contribution >= 0.6 is 11.3 Å². The molecule has 0 aromatic carbocycles. The van der Waals surface area contributed by atoms with Crippen molar-refractivity contribution in [2.24, 2.45) is 0 Å². The van der Waals surface area contributed by atoms with E-state index in [4.69, 9.17) is 5.11 Å². The summed E-state index contributed by atoms with van der Waals surface area (Å²) in [7, 11) is 0. The zero-order chi connectivity index (χ0) is 9.84. The molecule has 0 fully saturated rings. The smallest absolute Gasteiger partial charge is 0.331 e. The fraction of sp³-hybridized carbons (Fsp3) is 0.300. The lowest BCUT2D eigenvalue weighted by molar-refractivity contribution is -0.132. The van der Waals surface area contributed by atoms with E-state index in [1.54, 1.807) is 24.3 Å². The Morgan fingerprint density at radius 2 is 2.31 bits per heavy atom. The molecule has 0 radical (unpaired) electrons. The maximum absolute atomic E-state index is 10.5. The van der Waals surface area contributed by atoms with Crippen molar-refractivity contribution in [2.75, 3.05) is 0 Å². The van der Waals surface area contributed by atoms with Gasteiger partial charge >= 0.3 is 5.97 Å². The minimum Gasteiger partial charge on any atom is -0.478 e. The average molecular weight is 196 g/mol. The Hall–Kier alpha value is -1.09. The van der Waals surface area contributed by atoms with E-state index in [0.717, 1.165) is 11.3 Å². The molecule has 0 aliphatic carbocycles. The van der Waals surface area contributed by atoms with Crippen LogP contribution in [0, 0.1) is 0 Å². The fourth-order valence-corrected chi connectivity index (χ4v) is 1.89. The van der Waals surface area contributed by atoms with Crippen LogP contribution in [-0.2, 0) is 11.2 Å². The fourth-order valence-electron chi connectivity index (χ4n) is 0.937. The van der Waals surface area contributed by atoms with E-state index in [9.17, 15) is 4.79 Å². The average Bonchev–Trinajstić information content (AvgIpc) is 2.52. The number of carboxylic acids is 1. The Morgan fingerprint density at radius 1 is 1.62 bits per heavy atom. The molecule has 3 heteroatoms. The quantitative estimate of drug-likeness (QED) is 0.755. The van der Waals surface area contributed by atoms with Crippen LogP contribution in [0.3, 0.4) is 0 Å². The number of aliphatic carboxylic acids is 1. The summed E-state index contributed by atoms with van der Waals surface area (Å²) in [5.41, 5.74) is 0.379. The van der Waals surface area contributed by atoms with E-state index in [1.807, 2.05) is 12.1 Å². The number of hydrogen-bond acceptors (Lipinski definition) is 2. The lowest BCUT2D eigenvalue weighted by atomic mass is 10.2. The van der Waals surface area contributed by atoms with Crippen LogP contribution in [0.15, 0.2) is 17.7 Å². The van der Waals surface area contributed by atoms with Crippen LogP contribution in [0.2, 0.25) is 0 Å². The molecule has 1 N–H and O–H groups in total. The molecule has 0 aliphatic heterocycles. The Balaban J connectivity index is 2.84. The van der Waals surface area contributed by atoms with E-state index < -0.39 is 5.97 Å². The zero-order valence-electron chi connectivity index (χ0n) is 7.70. The van der Waals surface area contributed by atoms with Crippen LogP contribution in [-0.4, -0.2) is 11.1 Å². The van der Waals surface area contributed by atoms with Gasteiger partial charge in [-0.25, -0.2) is 4.79 Å². The first-order valence-corrected chi connectivity index (χ1v) is 4.95. The normalized spacial score (nSPS) is 11.7. The lowest BCUT2D eigenvalue weighted by Gasteiger charge is -1.90. The second-order valence-electron chi connectivity index (χ2n) is 2.79. The first-order chi connectivity index (χ1) is 6.13. The summed E-state index contributed by atoms with van der Waals surface area (Å²) in [5, 5.41) is 8.64. The molecule has 0 amide bonds. The van der Waals surface area contributed by atoms with Gasteiger partial charge in [-0.3, -0.25) is 0 Å². The summed E-state index contributed by atoms with van der Waals surface area (Å²) >= 11 is 1.64. The Labute approximate surface area is 81.5 Å². The molecule has 0 atom stereocenters. The number of aryl methyl sites for hydroxylation is 1. The summed E-state index contributed by atoms with van der Waals surface area (Å²) in [6, 6.07) is 3.99. The molecule has 13 heavy (non-hydrogen) atoms. The van der Waals surface area contributed by atoms with Crippen LogP contribution in [0.1, 0.15) is 23.6 Å². The maximum atomic E-state index is 10.5. The van der Waals surface area contributed by atoms with E-state index in [-0.39, 0.29) is 0 Å². The summed E-state index contributed by atoms with van der Waals surface area (Å²) in [4.78, 5) is 12.8. The molecule has 70 valence electrons. The summed E-state index contributed by atoms with van der Waals surface area (Å²) < 4.78 is 0. The van der Waals surface area contributed by atoms with Gasteiger partial charge in [0.15, 0.2) is 0 Å². The third-order valence-electron chi connectivity index (χ3n) is 1.73. The van der Waals surface area contributed by atoms with Crippen molar-refractivity contribution in [3.63, 3.8) is 0 Å². The van der Waals surface area contributed by atoms with E-state index >= 15 is 0 Å². The molecule has 1 rings (SSSR count). The first-order valence-electron chi connectivity index (χ1n) is 4.13. The molecular weight excluding hydrogens is 184 g/mol. The topological polar surface area (TPSA) is 37.3 Å².